The number of hydrogen-bond acceptors (Lipinski definition) is 6. The lowest BCUT2D eigenvalue weighted by Gasteiger charge is -2.49. The maximum Gasteiger partial charge on any atom is 0.241 e. The van der Waals surface area contributed by atoms with Crippen molar-refractivity contribution >= 4 is 78.5 Å². The number of ether oxygens (including phenoxy) is 1. The summed E-state index contributed by atoms with van der Waals surface area (Å²) >= 11 is 13.1. The van der Waals surface area contributed by atoms with Gasteiger partial charge in [-0.3, -0.25) is 24.1 Å². The van der Waals surface area contributed by atoms with E-state index in [1.165, 1.54) is 24.1 Å². The highest BCUT2D eigenvalue weighted by molar-refractivity contribution is 9.13. The Morgan fingerprint density at radius 1 is 0.935 bits per heavy atom. The molecule has 12 heteroatoms. The van der Waals surface area contributed by atoms with Crippen LogP contribution in [0, 0.1) is 34.9 Å². The fourth-order valence-electron chi connectivity index (χ4n) is 8.04. The van der Waals surface area contributed by atoms with Crippen molar-refractivity contribution in [3.8, 4) is 11.5 Å². The zero-order chi connectivity index (χ0) is 32.8. The largest absolute Gasteiger partial charge is 0.503 e. The minimum absolute atomic E-state index is 0.136. The number of rotatable bonds is 4. The molecule has 236 valence electrons. The second-order valence-corrected chi connectivity index (χ2v) is 14.2. The number of hydrogen-bond donors (Lipinski definition) is 1. The van der Waals surface area contributed by atoms with Crippen molar-refractivity contribution in [2.75, 3.05) is 16.9 Å². The summed E-state index contributed by atoms with van der Waals surface area (Å²) in [4.78, 5) is 59.2. The summed E-state index contributed by atoms with van der Waals surface area (Å²) < 4.78 is 20.4. The molecule has 6 atom stereocenters. The Morgan fingerprint density at radius 3 is 2.33 bits per heavy atom. The maximum atomic E-state index is 14.6. The highest BCUT2D eigenvalue weighted by Crippen LogP contribution is 2.65. The van der Waals surface area contributed by atoms with Crippen LogP contribution in [0.25, 0.3) is 0 Å². The first kappa shape index (κ1) is 31.1. The van der Waals surface area contributed by atoms with Gasteiger partial charge in [0.15, 0.2) is 11.5 Å². The van der Waals surface area contributed by atoms with E-state index in [2.05, 4.69) is 31.9 Å². The van der Waals surface area contributed by atoms with E-state index < -0.39 is 52.6 Å². The number of nitrogens with zero attached hydrogens (tertiary/aromatic N) is 2. The molecule has 4 amide bonds. The Kier molecular flexibility index (Phi) is 7.45. The molecule has 7 rings (SSSR count). The third-order valence-electron chi connectivity index (χ3n) is 10.2. The van der Waals surface area contributed by atoms with Crippen molar-refractivity contribution in [1.82, 2.24) is 0 Å². The second-order valence-electron chi connectivity index (χ2n) is 12.3. The van der Waals surface area contributed by atoms with Gasteiger partial charge >= 0.3 is 0 Å². The van der Waals surface area contributed by atoms with E-state index in [1.807, 2.05) is 6.08 Å². The Labute approximate surface area is 285 Å². The predicted molar refractivity (Wildman–Crippen MR) is 175 cm³/mol. The van der Waals surface area contributed by atoms with Crippen LogP contribution < -0.4 is 14.5 Å². The first-order chi connectivity index (χ1) is 21.9. The highest BCUT2D eigenvalue weighted by Gasteiger charge is 2.68. The lowest BCUT2D eigenvalue weighted by Crippen LogP contribution is -2.49. The van der Waals surface area contributed by atoms with E-state index in [0.717, 1.165) is 16.5 Å². The maximum absolute atomic E-state index is 14.6. The molecule has 2 aliphatic heterocycles. The van der Waals surface area contributed by atoms with E-state index in [9.17, 15) is 28.7 Å². The fourth-order valence-corrected chi connectivity index (χ4v) is 9.17. The molecule has 2 heterocycles. The molecule has 3 aromatic carbocycles. The lowest BCUT2D eigenvalue weighted by atomic mass is 9.51. The van der Waals surface area contributed by atoms with Gasteiger partial charge in [0, 0.05) is 10.4 Å². The molecule has 2 saturated heterocycles. The highest BCUT2D eigenvalue weighted by atomic mass is 79.9. The van der Waals surface area contributed by atoms with Crippen LogP contribution in [0.4, 0.5) is 15.8 Å². The van der Waals surface area contributed by atoms with Gasteiger partial charge in [0.1, 0.15) is 5.82 Å². The van der Waals surface area contributed by atoms with Gasteiger partial charge < -0.3 is 9.84 Å². The number of carbonyl (C=O) groups is 4. The van der Waals surface area contributed by atoms with Gasteiger partial charge in [0.05, 0.1) is 51.1 Å². The average Bonchev–Trinajstić information content (AvgIpc) is 3.41. The topological polar surface area (TPSA) is 104 Å². The molecule has 1 N–H and O–H groups in total. The van der Waals surface area contributed by atoms with Gasteiger partial charge in [-0.1, -0.05) is 41.4 Å². The summed E-state index contributed by atoms with van der Waals surface area (Å²) in [5, 5.41) is 10.5. The molecule has 4 aliphatic rings. The number of methoxy groups -OCH3 is 1. The molecule has 0 bridgehead atoms. The van der Waals surface area contributed by atoms with Gasteiger partial charge in [0.2, 0.25) is 23.6 Å². The number of aromatic hydroxyl groups is 1. The fraction of sp³-hybridized carbons (Fsp3) is 0.294. The molecule has 1 saturated carbocycles. The summed E-state index contributed by atoms with van der Waals surface area (Å²) in [6.07, 6.45) is 2.35. The Hall–Kier alpha value is -3.54. The number of para-hydroxylation sites is 1. The van der Waals surface area contributed by atoms with Crippen LogP contribution in [0.1, 0.15) is 31.2 Å². The van der Waals surface area contributed by atoms with Crippen molar-refractivity contribution in [3.05, 3.63) is 91.6 Å². The summed E-state index contributed by atoms with van der Waals surface area (Å²) in [6, 6.07) is 14.1. The molecule has 2 aliphatic carbocycles. The van der Waals surface area contributed by atoms with E-state index in [4.69, 9.17) is 16.3 Å². The van der Waals surface area contributed by atoms with Crippen LogP contribution in [0.5, 0.6) is 11.5 Å². The number of amides is 4. The average molecular weight is 773 g/mol. The molecule has 6 unspecified atom stereocenters. The predicted octanol–water partition coefficient (Wildman–Crippen LogP) is 7.15. The smallest absolute Gasteiger partial charge is 0.241 e. The number of benzene rings is 3. The second kappa shape index (κ2) is 11.0. The molecule has 8 nitrogen and oxygen atoms in total. The van der Waals surface area contributed by atoms with Gasteiger partial charge in [-0.15, -0.1) is 0 Å². The summed E-state index contributed by atoms with van der Waals surface area (Å²) in [5.41, 5.74) is 0.558. The number of allylic oxidation sites excluding steroid dienone is 2. The molecular weight excluding hydrogens is 747 g/mol. The molecule has 0 spiro atoms. The molecule has 3 fully saturated rings. The molecule has 3 aromatic rings. The number of halogens is 4. The Bertz CT molecular complexity index is 1900. The monoisotopic (exact) mass is 770 g/mol. The molecule has 46 heavy (non-hydrogen) atoms. The van der Waals surface area contributed by atoms with E-state index >= 15 is 0 Å². The van der Waals surface area contributed by atoms with Crippen molar-refractivity contribution in [2.24, 2.45) is 29.1 Å². The number of carbonyl (C=O) groups excluding carboxylic acids is 4. The number of phenolic OH excluding ortho intramolecular Hbond substituents is 1. The minimum atomic E-state index is -1.37. The van der Waals surface area contributed by atoms with Gasteiger partial charge in [-0.2, -0.15) is 0 Å². The van der Waals surface area contributed by atoms with Crippen LogP contribution in [-0.4, -0.2) is 35.8 Å². The standard InChI is InChI=1S/C34H26Br2ClFN2O6/c1-34-21(31(43)40(33(34)45)16-8-11-23(38)22(37)12-16)13-19-17(26(34)20-14-24(46-2)29(41)28(36)27(20)35)9-10-18-25(19)32(44)39(30(18)42)15-6-4-3-5-7-15/h3-9,11-12,14,18-19,21,25-26,41H,10,13H2,1-2H3. The molecule has 0 aromatic heterocycles. The lowest BCUT2D eigenvalue weighted by molar-refractivity contribution is -0.131. The van der Waals surface area contributed by atoms with Crippen molar-refractivity contribution < 1.29 is 33.4 Å². The quantitative estimate of drug-likeness (QED) is 0.223. The zero-order valence-electron chi connectivity index (χ0n) is 24.5. The van der Waals surface area contributed by atoms with E-state index in [1.54, 1.807) is 43.3 Å². The summed E-state index contributed by atoms with van der Waals surface area (Å²) in [5.74, 6) is -5.97. The Morgan fingerprint density at radius 2 is 1.65 bits per heavy atom. The van der Waals surface area contributed by atoms with Crippen molar-refractivity contribution in [3.63, 3.8) is 0 Å². The third kappa shape index (κ3) is 4.20. The van der Waals surface area contributed by atoms with E-state index in [-0.39, 0.29) is 46.9 Å². The van der Waals surface area contributed by atoms with Crippen LogP contribution in [0.2, 0.25) is 5.02 Å². The first-order valence-electron chi connectivity index (χ1n) is 14.6. The van der Waals surface area contributed by atoms with Crippen molar-refractivity contribution in [2.45, 2.75) is 25.7 Å². The Balaban J connectivity index is 1.42. The number of anilines is 2. The van der Waals surface area contributed by atoms with E-state index in [0.29, 0.717) is 20.2 Å². The van der Waals surface area contributed by atoms with Crippen LogP contribution in [-0.2, 0) is 19.2 Å². The normalized spacial score (nSPS) is 28.7. The SMILES string of the molecule is COc1cc(C2C3=CCC4C(=O)N(c5ccccc5)C(=O)C4C3CC3C(=O)N(c4ccc(F)c(Cl)c4)C(=O)C32C)c(Br)c(Br)c1O. The third-order valence-corrected chi connectivity index (χ3v) is 12.6. The van der Waals surface area contributed by atoms with Gasteiger partial charge in [0.25, 0.3) is 0 Å². The van der Waals surface area contributed by atoms with Gasteiger partial charge in [-0.25, -0.2) is 9.29 Å². The van der Waals surface area contributed by atoms with Crippen LogP contribution >= 0.6 is 43.5 Å². The first-order valence-corrected chi connectivity index (χ1v) is 16.6. The number of fused-ring (bicyclic) bond motifs is 4. The molecular formula is C34H26Br2ClFN2O6. The minimum Gasteiger partial charge on any atom is -0.503 e. The van der Waals surface area contributed by atoms with Crippen LogP contribution in [0.3, 0.4) is 0 Å². The zero-order valence-corrected chi connectivity index (χ0v) is 28.4. The summed E-state index contributed by atoms with van der Waals surface area (Å²) in [6.45, 7) is 1.73. The number of phenols is 1. The number of imide groups is 2. The summed E-state index contributed by atoms with van der Waals surface area (Å²) in [7, 11) is 1.41. The molecule has 0 radical (unpaired) electrons. The van der Waals surface area contributed by atoms with Crippen molar-refractivity contribution in [1.29, 1.82) is 0 Å². The van der Waals surface area contributed by atoms with Gasteiger partial charge in [-0.05, 0) is 99.5 Å². The van der Waals surface area contributed by atoms with Crippen LogP contribution in [0.15, 0.2) is 75.2 Å².